The van der Waals surface area contributed by atoms with E-state index in [0.717, 1.165) is 0 Å². The van der Waals surface area contributed by atoms with Gasteiger partial charge in [-0.25, -0.2) is 0 Å². The van der Waals surface area contributed by atoms with Gasteiger partial charge in [0.25, 0.3) is 0 Å². The van der Waals surface area contributed by atoms with Gasteiger partial charge in [-0.3, -0.25) is 19.4 Å². The molecular weight excluding hydrogens is 873 g/mol. The summed E-state index contributed by atoms with van der Waals surface area (Å²) in [6.07, 6.45) is 18.3. The molecule has 0 saturated carbocycles. The first-order chi connectivity index (χ1) is 34.1. The van der Waals surface area contributed by atoms with Gasteiger partial charge in [0.1, 0.15) is 36.5 Å². The van der Waals surface area contributed by atoms with Crippen LogP contribution in [0.2, 0.25) is 0 Å². The molecule has 0 aromatic carbocycles. The number of rotatable bonds is 18. The smallest absolute Gasteiger partial charge is 0.243 e. The first-order valence-electron chi connectivity index (χ1n) is 20.8. The van der Waals surface area contributed by atoms with Crippen LogP contribution in [-0.4, -0.2) is 118 Å². The van der Waals surface area contributed by atoms with Crippen LogP contribution in [0.25, 0.3) is 0 Å². The second kappa shape index (κ2) is 40.4. The molecule has 1 aliphatic heterocycles. The van der Waals surface area contributed by atoms with E-state index in [1.165, 1.54) is 0 Å². The van der Waals surface area contributed by atoms with Gasteiger partial charge in [-0.05, 0) is 241 Å². The van der Waals surface area contributed by atoms with Crippen molar-refractivity contribution in [3.8, 4) is 239 Å². The Hall–Kier alpha value is -10.1. The SMILES string of the molecule is C#CC#CC#CC#CC#CC(O)CN(CCCCC1NC(=O)C(CCCCN(CC(O)C#CC#CC#CC#CC#C)CC(O)C#CC#CC#CC#CC#C)NC1=O)CC(O)C#CC#CC#CC#CC#C. The van der Waals surface area contributed by atoms with Crippen LogP contribution in [0.4, 0.5) is 0 Å². The molecule has 10 heteroatoms. The van der Waals surface area contributed by atoms with Crippen LogP contribution in [0.3, 0.4) is 0 Å². The predicted octanol–water partition coefficient (Wildman–Crippen LogP) is -2.05. The fourth-order valence-corrected chi connectivity index (χ4v) is 5.37. The molecule has 1 saturated heterocycles. The van der Waals surface area contributed by atoms with Crippen molar-refractivity contribution < 1.29 is 30.0 Å². The molecule has 0 aliphatic carbocycles. The minimum absolute atomic E-state index is 0.0367. The van der Waals surface area contributed by atoms with Gasteiger partial charge in [0.15, 0.2) is 0 Å². The number of unbranched alkanes of at least 4 members (excludes halogenated alkanes) is 2. The van der Waals surface area contributed by atoms with Crippen LogP contribution < -0.4 is 10.6 Å². The van der Waals surface area contributed by atoms with Crippen LogP contribution >= 0.6 is 0 Å². The molecule has 1 rings (SSSR count). The number of aliphatic hydroxyl groups is 4. The van der Waals surface area contributed by atoms with E-state index in [1.54, 1.807) is 9.80 Å². The highest BCUT2D eigenvalue weighted by Gasteiger charge is 2.32. The number of terminal acetylenes is 4. The van der Waals surface area contributed by atoms with Gasteiger partial charge in [0.2, 0.25) is 11.8 Å². The lowest BCUT2D eigenvalue weighted by molar-refractivity contribution is -0.137. The molecule has 0 spiro atoms. The van der Waals surface area contributed by atoms with Gasteiger partial charge in [0.05, 0.1) is 0 Å². The van der Waals surface area contributed by atoms with E-state index < -0.39 is 36.5 Å². The lowest BCUT2D eigenvalue weighted by Gasteiger charge is -2.30. The maximum absolute atomic E-state index is 13.1. The fraction of sp³-hybridized carbons (Fsp3) is 0.300. The molecule has 1 heterocycles. The molecule has 1 aliphatic rings. The molecule has 6 atom stereocenters. The number of carbonyl (C=O) groups is 2. The second-order valence-corrected chi connectivity index (χ2v) is 13.4. The standard InChI is InChI=1S/C60H40N4O6/c1-5-9-13-17-21-25-29-33-41-53(65)49-63(50-54(66)42-34-30-26-22-18-14-10-6-2)47-39-37-45-57-59(69)62-58(60(70)61-57)46-38-40-48-64(51-55(67)43-35-31-27-23-19-15-11-7-3)52-56(68)44-36-32-28-24-20-16-12-8-4/h1-4,53-58,65-68H,37-40,45-52H2,(H,61,70)(H,62,69). The van der Waals surface area contributed by atoms with E-state index in [4.69, 9.17) is 25.7 Å². The Labute approximate surface area is 413 Å². The largest absolute Gasteiger partial charge is 0.379 e. The molecule has 0 radical (unpaired) electrons. The summed E-state index contributed by atoms with van der Waals surface area (Å²) in [6, 6.07) is -1.52. The molecule has 0 aromatic rings. The van der Waals surface area contributed by atoms with Crippen molar-refractivity contribution in [3.05, 3.63) is 0 Å². The topological polar surface area (TPSA) is 146 Å². The third-order valence-corrected chi connectivity index (χ3v) is 8.17. The molecule has 0 aromatic heterocycles. The molecule has 336 valence electrons. The first-order valence-corrected chi connectivity index (χ1v) is 20.8. The Balaban J connectivity index is 2.90. The molecule has 1 fully saturated rings. The number of hydrogen-bond acceptors (Lipinski definition) is 8. The van der Waals surface area contributed by atoms with Crippen LogP contribution in [0, 0.1) is 239 Å². The lowest BCUT2D eigenvalue weighted by atomic mass is 10.0. The van der Waals surface area contributed by atoms with Crippen molar-refractivity contribution >= 4 is 11.8 Å². The Morgan fingerprint density at radius 1 is 0.357 bits per heavy atom. The number of nitrogens with one attached hydrogen (secondary N) is 2. The second-order valence-electron chi connectivity index (χ2n) is 13.4. The summed E-state index contributed by atoms with van der Waals surface area (Å²) in [5, 5.41) is 48.0. The normalized spacial score (nSPS) is 12.8. The van der Waals surface area contributed by atoms with E-state index in [1.807, 2.05) is 0 Å². The van der Waals surface area contributed by atoms with Crippen molar-refractivity contribution in [1.82, 2.24) is 20.4 Å². The Morgan fingerprint density at radius 2 is 0.571 bits per heavy atom. The summed E-state index contributed by atoms with van der Waals surface area (Å²) < 4.78 is 0. The minimum Gasteiger partial charge on any atom is -0.379 e. The average molecular weight is 913 g/mol. The molecule has 0 bridgehead atoms. The zero-order valence-corrected chi connectivity index (χ0v) is 37.8. The number of hydrogen-bond donors (Lipinski definition) is 6. The average Bonchev–Trinajstić information content (AvgIpc) is 3.33. The van der Waals surface area contributed by atoms with Crippen LogP contribution in [0.15, 0.2) is 0 Å². The Morgan fingerprint density at radius 3 is 0.800 bits per heavy atom. The molecular formula is C60H40N4O6. The highest BCUT2D eigenvalue weighted by atomic mass is 16.3. The van der Waals surface area contributed by atoms with E-state index in [2.05, 4.69) is 224 Å². The zero-order chi connectivity index (χ0) is 51.1. The van der Waals surface area contributed by atoms with E-state index in [9.17, 15) is 30.0 Å². The predicted molar refractivity (Wildman–Crippen MR) is 268 cm³/mol. The van der Waals surface area contributed by atoms with Gasteiger partial charge in [-0.15, -0.1) is 25.7 Å². The quantitative estimate of drug-likeness (QED) is 0.0682. The lowest BCUT2D eigenvalue weighted by Crippen LogP contribution is -2.61. The summed E-state index contributed by atoms with van der Waals surface area (Å²) in [5.41, 5.74) is 0. The Bertz CT molecular complexity index is 2760. The third-order valence-electron chi connectivity index (χ3n) is 8.17. The van der Waals surface area contributed by atoms with Crippen molar-refractivity contribution in [1.29, 1.82) is 0 Å². The van der Waals surface area contributed by atoms with Gasteiger partial charge < -0.3 is 31.1 Å². The van der Waals surface area contributed by atoms with Gasteiger partial charge in [-0.1, -0.05) is 23.7 Å². The number of nitrogens with zero attached hydrogens (tertiary/aromatic N) is 2. The summed E-state index contributed by atoms with van der Waals surface area (Å²) in [5.74, 6) is 86.9. The van der Waals surface area contributed by atoms with Crippen molar-refractivity contribution in [2.45, 2.75) is 75.0 Å². The van der Waals surface area contributed by atoms with Gasteiger partial charge in [0, 0.05) is 26.2 Å². The maximum Gasteiger partial charge on any atom is 0.243 e. The molecule has 10 nitrogen and oxygen atoms in total. The summed E-state index contributed by atoms with van der Waals surface area (Å²) >= 11 is 0. The number of amides is 2. The highest BCUT2D eigenvalue weighted by molar-refractivity contribution is 5.96. The molecule has 6 N–H and O–H groups in total. The van der Waals surface area contributed by atoms with E-state index >= 15 is 0 Å². The summed E-state index contributed by atoms with van der Waals surface area (Å²) in [7, 11) is 0. The maximum atomic E-state index is 13.1. The molecule has 6 unspecified atom stereocenters. The van der Waals surface area contributed by atoms with Gasteiger partial charge in [-0.2, -0.15) is 0 Å². The van der Waals surface area contributed by atoms with Crippen molar-refractivity contribution in [2.75, 3.05) is 39.3 Å². The molecule has 2 amide bonds. The van der Waals surface area contributed by atoms with E-state index in [-0.39, 0.29) is 38.0 Å². The highest BCUT2D eigenvalue weighted by Crippen LogP contribution is 2.12. The summed E-state index contributed by atoms with van der Waals surface area (Å²) in [4.78, 5) is 29.7. The number of carbonyl (C=O) groups excluding carboxylic acids is 2. The summed E-state index contributed by atoms with van der Waals surface area (Å²) in [6.45, 7) is 0.904. The Kier molecular flexibility index (Phi) is 33.4. The van der Waals surface area contributed by atoms with E-state index in [0.29, 0.717) is 51.6 Å². The third kappa shape index (κ3) is 32.5. The number of aliphatic hydroxyl groups excluding tert-OH is 4. The van der Waals surface area contributed by atoms with Gasteiger partial charge >= 0.3 is 0 Å². The van der Waals surface area contributed by atoms with Crippen LogP contribution in [-0.2, 0) is 9.59 Å². The van der Waals surface area contributed by atoms with Crippen LogP contribution in [0.5, 0.6) is 0 Å². The fourth-order valence-electron chi connectivity index (χ4n) is 5.37. The zero-order valence-electron chi connectivity index (χ0n) is 37.8. The monoisotopic (exact) mass is 912 g/mol. The van der Waals surface area contributed by atoms with Crippen LogP contribution in [0.1, 0.15) is 38.5 Å². The van der Waals surface area contributed by atoms with Crippen molar-refractivity contribution in [2.24, 2.45) is 0 Å². The minimum atomic E-state index is -1.14. The van der Waals surface area contributed by atoms with Crippen molar-refractivity contribution in [3.63, 3.8) is 0 Å². The molecule has 70 heavy (non-hydrogen) atoms. The first kappa shape index (κ1) is 57.9. The number of piperazine rings is 1.